The second kappa shape index (κ2) is 10.1. The molecule has 0 aromatic rings. The fraction of sp³-hybridized carbons (Fsp3) is 0.824. The third-order valence-electron chi connectivity index (χ3n) is 4.28. The van der Waals surface area contributed by atoms with Crippen LogP contribution in [0.4, 0.5) is 0 Å². The van der Waals surface area contributed by atoms with E-state index in [1.807, 2.05) is 0 Å². The van der Waals surface area contributed by atoms with E-state index in [9.17, 15) is 4.79 Å². The van der Waals surface area contributed by atoms with Crippen molar-refractivity contribution in [3.63, 3.8) is 0 Å². The number of hydrogen-bond donors (Lipinski definition) is 0. The van der Waals surface area contributed by atoms with Crippen molar-refractivity contribution in [2.75, 3.05) is 40.3 Å². The van der Waals surface area contributed by atoms with Crippen LogP contribution in [-0.2, 0) is 4.79 Å². The van der Waals surface area contributed by atoms with E-state index in [1.165, 1.54) is 45.3 Å². The molecule has 0 N–H and O–H groups in total. The Morgan fingerprint density at radius 3 is 2.25 bits per heavy atom. The number of hydrogen-bond acceptors (Lipinski definition) is 3. The van der Waals surface area contributed by atoms with Crippen LogP contribution in [0.3, 0.4) is 0 Å². The molecular weight excluding hydrogens is 248 g/mol. The number of nitrogens with zero attached hydrogens (tertiary/aromatic N) is 2. The van der Waals surface area contributed by atoms with E-state index in [-0.39, 0.29) is 0 Å². The molecule has 2 rings (SSSR count). The molecule has 0 aromatic carbocycles. The predicted octanol–water partition coefficient (Wildman–Crippen LogP) is 2.82. The number of aldehydes is 1. The van der Waals surface area contributed by atoms with Gasteiger partial charge in [0.2, 0.25) is 0 Å². The van der Waals surface area contributed by atoms with Crippen molar-refractivity contribution >= 4 is 6.29 Å². The Bertz CT molecular complexity index is 291. The first kappa shape index (κ1) is 17.4. The van der Waals surface area contributed by atoms with Crippen LogP contribution in [0.15, 0.2) is 12.2 Å². The van der Waals surface area contributed by atoms with E-state index >= 15 is 0 Å². The van der Waals surface area contributed by atoms with Crippen molar-refractivity contribution in [3.8, 4) is 0 Å². The van der Waals surface area contributed by atoms with Gasteiger partial charge in [0.15, 0.2) is 0 Å². The third kappa shape index (κ3) is 7.20. The Balaban J connectivity index is 0.000000200. The summed E-state index contributed by atoms with van der Waals surface area (Å²) < 4.78 is 0. The molecule has 3 heteroatoms. The first-order valence-electron chi connectivity index (χ1n) is 8.09. The van der Waals surface area contributed by atoms with Crippen LogP contribution in [0.1, 0.15) is 39.0 Å². The van der Waals surface area contributed by atoms with Crippen LogP contribution < -0.4 is 0 Å². The van der Waals surface area contributed by atoms with E-state index in [0.29, 0.717) is 5.92 Å². The normalized spacial score (nSPS) is 28.9. The van der Waals surface area contributed by atoms with Gasteiger partial charge in [-0.05, 0) is 71.6 Å². The van der Waals surface area contributed by atoms with Gasteiger partial charge in [-0.3, -0.25) is 0 Å². The minimum absolute atomic E-state index is 0.635. The minimum atomic E-state index is 0.635. The van der Waals surface area contributed by atoms with Crippen molar-refractivity contribution in [3.05, 3.63) is 12.2 Å². The van der Waals surface area contributed by atoms with Gasteiger partial charge in [0.05, 0.1) is 0 Å². The zero-order valence-electron chi connectivity index (χ0n) is 13.6. The van der Waals surface area contributed by atoms with E-state index < -0.39 is 0 Å². The zero-order valence-corrected chi connectivity index (χ0v) is 13.6. The van der Waals surface area contributed by atoms with Gasteiger partial charge in [0, 0.05) is 19.5 Å². The molecule has 2 unspecified atom stereocenters. The Hall–Kier alpha value is -0.670. The lowest BCUT2D eigenvalue weighted by atomic mass is 9.96. The largest absolute Gasteiger partial charge is 0.306 e. The van der Waals surface area contributed by atoms with Crippen LogP contribution in [0.2, 0.25) is 0 Å². The van der Waals surface area contributed by atoms with Crippen molar-refractivity contribution in [1.29, 1.82) is 0 Å². The average Bonchev–Trinajstić information content (AvgIpc) is 2.40. The maximum absolute atomic E-state index is 10.2. The van der Waals surface area contributed by atoms with Crippen molar-refractivity contribution in [2.24, 2.45) is 11.8 Å². The molecule has 2 aliphatic heterocycles. The molecule has 2 saturated heterocycles. The Morgan fingerprint density at radius 2 is 1.70 bits per heavy atom. The lowest BCUT2D eigenvalue weighted by molar-refractivity contribution is -0.108. The molecule has 0 radical (unpaired) electrons. The molecule has 2 heterocycles. The Kier molecular flexibility index (Phi) is 8.79. The summed E-state index contributed by atoms with van der Waals surface area (Å²) in [6, 6.07) is 0. The molecule has 2 fully saturated rings. The van der Waals surface area contributed by atoms with Crippen molar-refractivity contribution in [2.45, 2.75) is 39.0 Å². The van der Waals surface area contributed by atoms with Crippen molar-refractivity contribution < 1.29 is 4.79 Å². The average molecular weight is 280 g/mol. The summed E-state index contributed by atoms with van der Waals surface area (Å²) in [5.74, 6) is 1.46. The number of likely N-dealkylation sites (tertiary alicyclic amines) is 2. The van der Waals surface area contributed by atoms with Gasteiger partial charge >= 0.3 is 0 Å². The molecule has 0 aliphatic carbocycles. The number of piperidine rings is 2. The van der Waals surface area contributed by atoms with Crippen LogP contribution in [0.5, 0.6) is 0 Å². The molecule has 20 heavy (non-hydrogen) atoms. The van der Waals surface area contributed by atoms with Crippen molar-refractivity contribution in [1.82, 2.24) is 9.80 Å². The smallest absolute Gasteiger partial charge is 0.120 e. The fourth-order valence-corrected chi connectivity index (χ4v) is 3.24. The number of carbonyl (C=O) groups excluding carboxylic acids is 1. The minimum Gasteiger partial charge on any atom is -0.306 e. The first-order valence-corrected chi connectivity index (χ1v) is 8.09. The molecule has 3 nitrogen and oxygen atoms in total. The summed E-state index contributed by atoms with van der Waals surface area (Å²) in [6.45, 7) is 6.96. The molecule has 0 saturated carbocycles. The maximum atomic E-state index is 10.2. The Labute approximate surface area is 125 Å². The van der Waals surface area contributed by atoms with Gasteiger partial charge in [0.1, 0.15) is 6.29 Å². The highest BCUT2D eigenvalue weighted by atomic mass is 16.1. The van der Waals surface area contributed by atoms with E-state index in [0.717, 1.165) is 25.2 Å². The molecule has 0 spiro atoms. The fourth-order valence-electron chi connectivity index (χ4n) is 3.24. The summed E-state index contributed by atoms with van der Waals surface area (Å²) in [4.78, 5) is 14.9. The second-order valence-corrected chi connectivity index (χ2v) is 6.36. The van der Waals surface area contributed by atoms with Gasteiger partial charge in [-0.15, -0.1) is 0 Å². The van der Waals surface area contributed by atoms with Gasteiger partial charge in [-0.25, -0.2) is 0 Å². The SMILES string of the molecule is C/C=C/C1CCCN(C)C1.CN1CCCC(CC=O)C1. The first-order chi connectivity index (χ1) is 9.65. The molecule has 2 atom stereocenters. The highest BCUT2D eigenvalue weighted by Gasteiger charge is 2.15. The summed E-state index contributed by atoms with van der Waals surface area (Å²) >= 11 is 0. The molecule has 0 amide bonds. The van der Waals surface area contributed by atoms with Gasteiger partial charge < -0.3 is 14.6 Å². The van der Waals surface area contributed by atoms with Crippen LogP contribution in [-0.4, -0.2) is 56.4 Å². The quantitative estimate of drug-likeness (QED) is 0.587. The molecule has 0 aromatic heterocycles. The predicted molar refractivity (Wildman–Crippen MR) is 85.9 cm³/mol. The van der Waals surface area contributed by atoms with E-state index in [4.69, 9.17) is 0 Å². The van der Waals surface area contributed by atoms with Crippen LogP contribution in [0.25, 0.3) is 0 Å². The van der Waals surface area contributed by atoms with E-state index in [2.05, 4.69) is 43.0 Å². The topological polar surface area (TPSA) is 23.6 Å². The number of allylic oxidation sites excluding steroid dienone is 1. The molecule has 2 aliphatic rings. The lowest BCUT2D eigenvalue weighted by Crippen LogP contribution is -2.32. The second-order valence-electron chi connectivity index (χ2n) is 6.36. The highest BCUT2D eigenvalue weighted by molar-refractivity contribution is 5.49. The van der Waals surface area contributed by atoms with Crippen LogP contribution in [0, 0.1) is 11.8 Å². The monoisotopic (exact) mass is 280 g/mol. The highest BCUT2D eigenvalue weighted by Crippen LogP contribution is 2.17. The Morgan fingerprint density at radius 1 is 1.05 bits per heavy atom. The zero-order chi connectivity index (χ0) is 14.8. The summed E-state index contributed by atoms with van der Waals surface area (Å²) in [5, 5.41) is 0. The number of rotatable bonds is 3. The number of carbonyl (C=O) groups is 1. The summed E-state index contributed by atoms with van der Waals surface area (Å²) in [7, 11) is 4.33. The maximum Gasteiger partial charge on any atom is 0.120 e. The standard InChI is InChI=1S/C9H17N.C8H15NO/c1-3-5-9-6-4-7-10(2)8-9;1-9-5-2-3-8(7-9)4-6-10/h3,5,9H,4,6-8H2,1-2H3;6,8H,2-5,7H2,1H3/b5-3+;. The molecular formula is C17H32N2O. The molecule has 0 bridgehead atoms. The van der Waals surface area contributed by atoms with Gasteiger partial charge in [-0.2, -0.15) is 0 Å². The van der Waals surface area contributed by atoms with Gasteiger partial charge in [-0.1, -0.05) is 12.2 Å². The summed E-state index contributed by atoms with van der Waals surface area (Å²) in [5.41, 5.74) is 0. The van der Waals surface area contributed by atoms with E-state index in [1.54, 1.807) is 0 Å². The molecule has 116 valence electrons. The lowest BCUT2D eigenvalue weighted by Gasteiger charge is -2.28. The van der Waals surface area contributed by atoms with Crippen LogP contribution >= 0.6 is 0 Å². The third-order valence-corrected chi connectivity index (χ3v) is 4.28. The summed E-state index contributed by atoms with van der Waals surface area (Å²) in [6.07, 6.45) is 11.5. The van der Waals surface area contributed by atoms with Gasteiger partial charge in [0.25, 0.3) is 0 Å².